The molecule has 0 spiro atoms. The summed E-state index contributed by atoms with van der Waals surface area (Å²) < 4.78 is 0. The van der Waals surface area contributed by atoms with Gasteiger partial charge in [-0.05, 0) is 19.8 Å². The highest BCUT2D eigenvalue weighted by atomic mass is 16.1. The van der Waals surface area contributed by atoms with Gasteiger partial charge in [0.2, 0.25) is 0 Å². The predicted octanol–water partition coefficient (Wildman–Crippen LogP) is 0.390. The molecule has 1 unspecified atom stereocenters. The van der Waals surface area contributed by atoms with Gasteiger partial charge in [-0.25, -0.2) is 4.98 Å². The summed E-state index contributed by atoms with van der Waals surface area (Å²) in [6, 6.07) is 1.30. The SMILES string of the molecule is CC(N)c1nc(N2CCCC2)cc(=O)[nH]1. The summed E-state index contributed by atoms with van der Waals surface area (Å²) in [7, 11) is 0. The van der Waals surface area contributed by atoms with Crippen molar-refractivity contribution < 1.29 is 0 Å². The van der Waals surface area contributed by atoms with E-state index in [0.717, 1.165) is 18.9 Å². The van der Waals surface area contributed by atoms with E-state index in [0.29, 0.717) is 5.82 Å². The summed E-state index contributed by atoms with van der Waals surface area (Å²) in [4.78, 5) is 20.5. The van der Waals surface area contributed by atoms with Crippen LogP contribution < -0.4 is 16.2 Å². The normalized spacial score (nSPS) is 18.1. The quantitative estimate of drug-likeness (QED) is 0.737. The lowest BCUT2D eigenvalue weighted by Gasteiger charge is -2.17. The topological polar surface area (TPSA) is 75.0 Å². The van der Waals surface area contributed by atoms with Gasteiger partial charge in [-0.15, -0.1) is 0 Å². The van der Waals surface area contributed by atoms with Crippen LogP contribution in [0.2, 0.25) is 0 Å². The van der Waals surface area contributed by atoms with Gasteiger partial charge in [0.25, 0.3) is 5.56 Å². The smallest absolute Gasteiger partial charge is 0.253 e. The Labute approximate surface area is 88.3 Å². The van der Waals surface area contributed by atoms with E-state index in [1.165, 1.54) is 18.9 Å². The molecule has 1 aliphatic rings. The zero-order valence-electron chi connectivity index (χ0n) is 8.86. The van der Waals surface area contributed by atoms with E-state index in [9.17, 15) is 4.79 Å². The van der Waals surface area contributed by atoms with E-state index < -0.39 is 0 Å². The third kappa shape index (κ3) is 2.18. The Morgan fingerprint density at radius 3 is 2.80 bits per heavy atom. The summed E-state index contributed by atoms with van der Waals surface area (Å²) in [6.45, 7) is 3.77. The van der Waals surface area contributed by atoms with Crippen LogP contribution in [0.3, 0.4) is 0 Å². The third-order valence-corrected chi connectivity index (χ3v) is 2.61. The Hall–Kier alpha value is -1.36. The van der Waals surface area contributed by atoms with Gasteiger partial charge < -0.3 is 15.6 Å². The molecule has 0 radical (unpaired) electrons. The van der Waals surface area contributed by atoms with Crippen LogP contribution in [0, 0.1) is 0 Å². The highest BCUT2D eigenvalue weighted by molar-refractivity contribution is 5.38. The van der Waals surface area contributed by atoms with Crippen molar-refractivity contribution in [3.05, 3.63) is 22.2 Å². The summed E-state index contributed by atoms with van der Waals surface area (Å²) in [5, 5.41) is 0. The molecule has 1 aromatic heterocycles. The summed E-state index contributed by atoms with van der Waals surface area (Å²) in [6.07, 6.45) is 2.34. The maximum atomic E-state index is 11.4. The average Bonchev–Trinajstić information content (AvgIpc) is 2.69. The number of hydrogen-bond acceptors (Lipinski definition) is 4. The fourth-order valence-electron chi connectivity index (χ4n) is 1.79. The van der Waals surface area contributed by atoms with Crippen LogP contribution in [-0.4, -0.2) is 23.1 Å². The van der Waals surface area contributed by atoms with Crippen LogP contribution in [0.25, 0.3) is 0 Å². The van der Waals surface area contributed by atoms with Crippen molar-refractivity contribution in [2.45, 2.75) is 25.8 Å². The number of hydrogen-bond donors (Lipinski definition) is 2. The minimum atomic E-state index is -0.236. The molecule has 2 heterocycles. The highest BCUT2D eigenvalue weighted by Gasteiger charge is 2.15. The van der Waals surface area contributed by atoms with Gasteiger partial charge in [-0.1, -0.05) is 0 Å². The van der Waals surface area contributed by atoms with E-state index in [1.54, 1.807) is 0 Å². The minimum absolute atomic E-state index is 0.126. The van der Waals surface area contributed by atoms with Crippen molar-refractivity contribution >= 4 is 5.82 Å². The molecule has 1 saturated heterocycles. The fourth-order valence-corrected chi connectivity index (χ4v) is 1.79. The Morgan fingerprint density at radius 1 is 1.53 bits per heavy atom. The van der Waals surface area contributed by atoms with Crippen LogP contribution in [0.5, 0.6) is 0 Å². The monoisotopic (exact) mass is 208 g/mol. The van der Waals surface area contributed by atoms with Crippen molar-refractivity contribution in [1.82, 2.24) is 9.97 Å². The lowest BCUT2D eigenvalue weighted by atomic mass is 10.3. The Bertz CT molecular complexity index is 393. The summed E-state index contributed by atoms with van der Waals surface area (Å²) in [5.74, 6) is 1.31. The Morgan fingerprint density at radius 2 is 2.20 bits per heavy atom. The molecule has 0 aromatic carbocycles. The molecule has 1 atom stereocenters. The van der Waals surface area contributed by atoms with E-state index in [2.05, 4.69) is 14.9 Å². The lowest BCUT2D eigenvalue weighted by Crippen LogP contribution is -2.24. The maximum Gasteiger partial charge on any atom is 0.253 e. The number of aromatic nitrogens is 2. The average molecular weight is 208 g/mol. The largest absolute Gasteiger partial charge is 0.356 e. The van der Waals surface area contributed by atoms with Crippen LogP contribution in [-0.2, 0) is 0 Å². The number of anilines is 1. The Kier molecular flexibility index (Phi) is 2.73. The van der Waals surface area contributed by atoms with Crippen LogP contribution in [0.1, 0.15) is 31.6 Å². The molecule has 5 nitrogen and oxygen atoms in total. The van der Waals surface area contributed by atoms with Gasteiger partial charge >= 0.3 is 0 Å². The van der Waals surface area contributed by atoms with Crippen LogP contribution in [0.15, 0.2) is 10.9 Å². The first-order valence-corrected chi connectivity index (χ1v) is 5.28. The van der Waals surface area contributed by atoms with Crippen molar-refractivity contribution in [2.75, 3.05) is 18.0 Å². The van der Waals surface area contributed by atoms with E-state index in [-0.39, 0.29) is 11.6 Å². The van der Waals surface area contributed by atoms with E-state index in [1.807, 2.05) is 6.92 Å². The molecule has 1 aromatic rings. The van der Waals surface area contributed by atoms with Gasteiger partial charge in [0.15, 0.2) is 0 Å². The van der Waals surface area contributed by atoms with Gasteiger partial charge in [0.1, 0.15) is 11.6 Å². The van der Waals surface area contributed by atoms with Crippen LogP contribution >= 0.6 is 0 Å². The third-order valence-electron chi connectivity index (χ3n) is 2.61. The molecule has 0 aliphatic carbocycles. The van der Waals surface area contributed by atoms with Gasteiger partial charge in [0, 0.05) is 19.2 Å². The van der Waals surface area contributed by atoms with Crippen molar-refractivity contribution in [3.8, 4) is 0 Å². The van der Waals surface area contributed by atoms with Gasteiger partial charge in [-0.3, -0.25) is 4.79 Å². The second kappa shape index (κ2) is 4.02. The molecule has 15 heavy (non-hydrogen) atoms. The zero-order valence-corrected chi connectivity index (χ0v) is 8.86. The van der Waals surface area contributed by atoms with Crippen LogP contribution in [0.4, 0.5) is 5.82 Å². The second-order valence-corrected chi connectivity index (χ2v) is 3.97. The number of aromatic amines is 1. The molecular formula is C10H16N4O. The molecule has 0 saturated carbocycles. The van der Waals surface area contributed by atoms with Crippen molar-refractivity contribution in [2.24, 2.45) is 5.73 Å². The fraction of sp³-hybridized carbons (Fsp3) is 0.600. The predicted molar refractivity (Wildman–Crippen MR) is 58.9 cm³/mol. The zero-order chi connectivity index (χ0) is 10.8. The Balaban J connectivity index is 2.34. The standard InChI is InChI=1S/C10H16N4O/c1-7(11)10-12-8(6-9(15)13-10)14-4-2-3-5-14/h6-7H,2-5,11H2,1H3,(H,12,13,15). The number of rotatable bonds is 2. The molecule has 1 aliphatic heterocycles. The first-order valence-electron chi connectivity index (χ1n) is 5.28. The molecule has 0 amide bonds. The molecule has 1 fully saturated rings. The molecule has 0 bridgehead atoms. The number of nitrogens with one attached hydrogen (secondary N) is 1. The number of nitrogens with zero attached hydrogens (tertiary/aromatic N) is 2. The molecular weight excluding hydrogens is 192 g/mol. The molecule has 3 N–H and O–H groups in total. The summed E-state index contributed by atoms with van der Waals surface area (Å²) >= 11 is 0. The maximum absolute atomic E-state index is 11.4. The van der Waals surface area contributed by atoms with Crippen molar-refractivity contribution in [3.63, 3.8) is 0 Å². The van der Waals surface area contributed by atoms with Gasteiger partial charge in [-0.2, -0.15) is 0 Å². The van der Waals surface area contributed by atoms with Crippen molar-refractivity contribution in [1.29, 1.82) is 0 Å². The molecule has 2 rings (SSSR count). The number of nitrogens with two attached hydrogens (primary N) is 1. The minimum Gasteiger partial charge on any atom is -0.356 e. The summed E-state index contributed by atoms with van der Waals surface area (Å²) in [5.41, 5.74) is 5.57. The van der Waals surface area contributed by atoms with Gasteiger partial charge in [0.05, 0.1) is 6.04 Å². The first-order chi connectivity index (χ1) is 7.16. The molecule has 82 valence electrons. The van der Waals surface area contributed by atoms with E-state index in [4.69, 9.17) is 5.73 Å². The van der Waals surface area contributed by atoms with E-state index >= 15 is 0 Å². The molecule has 5 heteroatoms. The lowest BCUT2D eigenvalue weighted by molar-refractivity contribution is 0.727. The number of H-pyrrole nitrogens is 1. The highest BCUT2D eigenvalue weighted by Crippen LogP contribution is 2.16. The first kappa shape index (κ1) is 10.2. The second-order valence-electron chi connectivity index (χ2n) is 3.97.